The van der Waals surface area contributed by atoms with Crippen LogP contribution in [0.5, 0.6) is 5.75 Å². The Balaban J connectivity index is 1.44. The summed E-state index contributed by atoms with van der Waals surface area (Å²) in [6, 6.07) is 19.4. The van der Waals surface area contributed by atoms with Crippen molar-refractivity contribution in [1.29, 1.82) is 0 Å². The molecule has 6 nitrogen and oxygen atoms in total. The smallest absolute Gasteiger partial charge is 0.276 e. The number of ether oxygens (including phenoxy) is 1. The number of amides is 2. The third-order valence-electron chi connectivity index (χ3n) is 4.56. The minimum absolute atomic E-state index is 0.00654. The molecule has 2 amide bonds. The summed E-state index contributed by atoms with van der Waals surface area (Å²) in [5.41, 5.74) is 6.98. The first-order chi connectivity index (χ1) is 15.0. The van der Waals surface area contributed by atoms with Gasteiger partial charge in [0.1, 0.15) is 5.75 Å². The first-order valence-electron chi connectivity index (χ1n) is 9.72. The molecule has 0 unspecified atom stereocenters. The third kappa shape index (κ3) is 6.50. The second-order valence-electron chi connectivity index (χ2n) is 6.77. The number of halogens is 1. The summed E-state index contributed by atoms with van der Waals surface area (Å²) >= 11 is 8.51. The van der Waals surface area contributed by atoms with Crippen molar-refractivity contribution in [3.8, 4) is 5.75 Å². The van der Waals surface area contributed by atoms with E-state index >= 15 is 0 Å². The first-order valence-corrected chi connectivity index (χ1v) is 10.9. The molecule has 0 spiro atoms. The van der Waals surface area contributed by atoms with Gasteiger partial charge in [0.15, 0.2) is 11.7 Å². The number of fused-ring (bicyclic) bond motifs is 1. The molecule has 0 heterocycles. The maximum atomic E-state index is 12.3. The topological polar surface area (TPSA) is 79.5 Å². The lowest BCUT2D eigenvalue weighted by molar-refractivity contribution is -0.124. The van der Waals surface area contributed by atoms with Gasteiger partial charge in [0.2, 0.25) is 5.91 Å². The summed E-state index contributed by atoms with van der Waals surface area (Å²) < 4.78 is 6.28. The van der Waals surface area contributed by atoms with Crippen LogP contribution in [0.25, 0.3) is 10.8 Å². The number of rotatable bonds is 6. The maximum Gasteiger partial charge on any atom is 0.276 e. The number of hydrogen-bond acceptors (Lipinski definition) is 4. The van der Waals surface area contributed by atoms with E-state index in [1.807, 2.05) is 60.7 Å². The molecule has 0 aromatic heterocycles. The number of aryl methyl sites for hydroxylation is 1. The van der Waals surface area contributed by atoms with E-state index in [4.69, 9.17) is 17.0 Å². The molecule has 0 saturated carbocycles. The zero-order valence-electron chi connectivity index (χ0n) is 16.9. The summed E-state index contributed by atoms with van der Waals surface area (Å²) in [4.78, 5) is 24.3. The van der Waals surface area contributed by atoms with Crippen LogP contribution in [0.2, 0.25) is 0 Å². The fourth-order valence-electron chi connectivity index (χ4n) is 3.01. The van der Waals surface area contributed by atoms with Gasteiger partial charge in [-0.15, -0.1) is 0 Å². The van der Waals surface area contributed by atoms with Gasteiger partial charge < -0.3 is 10.1 Å². The van der Waals surface area contributed by atoms with Gasteiger partial charge >= 0.3 is 0 Å². The highest BCUT2D eigenvalue weighted by Crippen LogP contribution is 2.26. The van der Waals surface area contributed by atoms with E-state index in [0.717, 1.165) is 32.8 Å². The second kappa shape index (κ2) is 10.9. The predicted octanol–water partition coefficient (Wildman–Crippen LogP) is 3.81. The van der Waals surface area contributed by atoms with E-state index in [1.165, 1.54) is 0 Å². The molecule has 3 aromatic rings. The van der Waals surface area contributed by atoms with Crippen molar-refractivity contribution in [3.05, 3.63) is 76.3 Å². The van der Waals surface area contributed by atoms with Crippen LogP contribution in [0, 0.1) is 0 Å². The highest BCUT2D eigenvalue weighted by atomic mass is 79.9. The molecule has 3 rings (SSSR count). The van der Waals surface area contributed by atoms with Crippen LogP contribution in [-0.4, -0.2) is 23.5 Å². The Morgan fingerprint density at radius 3 is 2.55 bits per heavy atom. The highest BCUT2D eigenvalue weighted by Gasteiger charge is 2.10. The van der Waals surface area contributed by atoms with Crippen molar-refractivity contribution in [2.75, 3.05) is 6.61 Å². The van der Waals surface area contributed by atoms with Crippen LogP contribution >= 0.6 is 28.1 Å². The average molecular weight is 500 g/mol. The summed E-state index contributed by atoms with van der Waals surface area (Å²) in [7, 11) is 0. The zero-order valence-corrected chi connectivity index (χ0v) is 19.3. The molecule has 0 atom stereocenters. The van der Waals surface area contributed by atoms with Crippen LogP contribution in [0.4, 0.5) is 0 Å². The lowest BCUT2D eigenvalue weighted by Gasteiger charge is -2.13. The quantitative estimate of drug-likeness (QED) is 0.355. The molecule has 3 N–H and O–H groups in total. The Hall–Kier alpha value is -2.97. The van der Waals surface area contributed by atoms with Crippen LogP contribution in [0.15, 0.2) is 65.1 Å². The Morgan fingerprint density at radius 1 is 1.00 bits per heavy atom. The number of benzene rings is 3. The molecule has 3 aromatic carbocycles. The van der Waals surface area contributed by atoms with E-state index in [1.54, 1.807) is 0 Å². The number of thiocarbonyl (C=S) groups is 1. The molecular weight excluding hydrogens is 478 g/mol. The van der Waals surface area contributed by atoms with Crippen molar-refractivity contribution in [3.63, 3.8) is 0 Å². The molecule has 0 bridgehead atoms. The number of carbonyl (C=O) groups is 2. The minimum Gasteiger partial charge on any atom is -0.483 e. The highest BCUT2D eigenvalue weighted by molar-refractivity contribution is 9.10. The van der Waals surface area contributed by atoms with Crippen LogP contribution in [0.1, 0.15) is 18.1 Å². The van der Waals surface area contributed by atoms with Crippen molar-refractivity contribution in [1.82, 2.24) is 16.2 Å². The van der Waals surface area contributed by atoms with Crippen molar-refractivity contribution in [2.45, 2.75) is 19.8 Å². The molecular formula is C23H22BrN3O3S. The SMILES string of the molecule is CCc1ccc(OCC(=O)NNC(=S)NC(=O)Cc2cccc3ccccc23)c(Br)c1. The normalized spacial score (nSPS) is 10.4. The Morgan fingerprint density at radius 2 is 1.77 bits per heavy atom. The lowest BCUT2D eigenvalue weighted by Crippen LogP contribution is -2.50. The van der Waals surface area contributed by atoms with Gasteiger partial charge in [-0.25, -0.2) is 0 Å². The standard InChI is InChI=1S/C23H22BrN3O3S/c1-2-15-10-11-20(19(24)12-15)30-14-22(29)26-27-23(31)25-21(28)13-17-8-5-7-16-6-3-4-9-18(16)17/h3-12H,2,13-14H2,1H3,(H,26,29)(H2,25,27,28,31). The molecule has 0 saturated heterocycles. The van der Waals surface area contributed by atoms with E-state index in [0.29, 0.717) is 5.75 Å². The van der Waals surface area contributed by atoms with Crippen molar-refractivity contribution in [2.24, 2.45) is 0 Å². The maximum absolute atomic E-state index is 12.3. The fraction of sp³-hybridized carbons (Fsp3) is 0.174. The van der Waals surface area contributed by atoms with E-state index in [-0.39, 0.29) is 24.0 Å². The van der Waals surface area contributed by atoms with E-state index in [2.05, 4.69) is 39.0 Å². The zero-order chi connectivity index (χ0) is 22.2. The predicted molar refractivity (Wildman–Crippen MR) is 129 cm³/mol. The number of hydrogen-bond donors (Lipinski definition) is 3. The Labute approximate surface area is 194 Å². The molecule has 160 valence electrons. The van der Waals surface area contributed by atoms with Crippen LogP contribution in [-0.2, 0) is 22.4 Å². The van der Waals surface area contributed by atoms with Crippen LogP contribution < -0.4 is 20.9 Å². The lowest BCUT2D eigenvalue weighted by atomic mass is 10.0. The Kier molecular flexibility index (Phi) is 7.97. The first kappa shape index (κ1) is 22.7. The molecule has 0 aliphatic carbocycles. The fourth-order valence-corrected chi connectivity index (χ4v) is 3.71. The largest absolute Gasteiger partial charge is 0.483 e. The van der Waals surface area contributed by atoms with Crippen molar-refractivity contribution >= 4 is 55.8 Å². The average Bonchev–Trinajstić information content (AvgIpc) is 2.77. The van der Waals surface area contributed by atoms with Crippen LogP contribution in [0.3, 0.4) is 0 Å². The van der Waals surface area contributed by atoms with Gasteiger partial charge in [0.05, 0.1) is 10.9 Å². The minimum atomic E-state index is -0.433. The molecule has 0 aliphatic heterocycles. The van der Waals surface area contributed by atoms with Gasteiger partial charge in [-0.2, -0.15) is 0 Å². The summed E-state index contributed by atoms with van der Waals surface area (Å²) in [5, 5.41) is 4.65. The molecule has 0 radical (unpaired) electrons. The Bertz CT molecular complexity index is 1110. The molecule has 0 fully saturated rings. The summed E-state index contributed by atoms with van der Waals surface area (Å²) in [6.45, 7) is 1.86. The molecule has 31 heavy (non-hydrogen) atoms. The number of nitrogens with one attached hydrogen (secondary N) is 3. The third-order valence-corrected chi connectivity index (χ3v) is 5.39. The van der Waals surface area contributed by atoms with Gasteiger partial charge in [0.25, 0.3) is 5.91 Å². The molecule has 0 aliphatic rings. The monoisotopic (exact) mass is 499 g/mol. The number of hydrazine groups is 1. The van der Waals surface area contributed by atoms with Gasteiger partial charge in [-0.3, -0.25) is 20.4 Å². The van der Waals surface area contributed by atoms with Gasteiger partial charge in [-0.1, -0.05) is 55.5 Å². The van der Waals surface area contributed by atoms with E-state index in [9.17, 15) is 9.59 Å². The summed E-state index contributed by atoms with van der Waals surface area (Å²) in [6.07, 6.45) is 1.08. The van der Waals surface area contributed by atoms with Crippen molar-refractivity contribution < 1.29 is 14.3 Å². The second-order valence-corrected chi connectivity index (χ2v) is 8.04. The number of carbonyl (C=O) groups excluding carboxylic acids is 2. The van der Waals surface area contributed by atoms with Gasteiger partial charge in [-0.05, 0) is 68.6 Å². The summed E-state index contributed by atoms with van der Waals surface area (Å²) in [5.74, 6) is -0.144. The van der Waals surface area contributed by atoms with E-state index < -0.39 is 5.91 Å². The van der Waals surface area contributed by atoms with Gasteiger partial charge in [0, 0.05) is 0 Å². The molecule has 8 heteroatoms.